The maximum absolute atomic E-state index is 12.7. The molecule has 4 rings (SSSR count). The summed E-state index contributed by atoms with van der Waals surface area (Å²) in [4.78, 5) is 19.1. The smallest absolute Gasteiger partial charge is 0.231 e. The zero-order valence-corrected chi connectivity index (χ0v) is 15.8. The van der Waals surface area contributed by atoms with E-state index in [-0.39, 0.29) is 11.3 Å². The first-order chi connectivity index (χ1) is 13.1. The zero-order chi connectivity index (χ0) is 18.7. The topological polar surface area (TPSA) is 51.7 Å². The van der Waals surface area contributed by atoms with Gasteiger partial charge in [-0.15, -0.1) is 0 Å². The molecule has 0 spiro atoms. The predicted molar refractivity (Wildman–Crippen MR) is 103 cm³/mol. The largest absolute Gasteiger partial charge is 0.454 e. The van der Waals surface area contributed by atoms with Gasteiger partial charge in [0.25, 0.3) is 0 Å². The van der Waals surface area contributed by atoms with Crippen LogP contribution in [0.15, 0.2) is 42.6 Å². The third-order valence-corrected chi connectivity index (χ3v) is 5.52. The summed E-state index contributed by atoms with van der Waals surface area (Å²) in [5, 5.41) is 0. The van der Waals surface area contributed by atoms with Crippen LogP contribution in [0.2, 0.25) is 0 Å². The molecule has 0 radical (unpaired) electrons. The van der Waals surface area contributed by atoms with Gasteiger partial charge in [-0.1, -0.05) is 19.1 Å². The molecule has 1 fully saturated rings. The van der Waals surface area contributed by atoms with Crippen molar-refractivity contribution < 1.29 is 14.3 Å². The molecule has 142 valence electrons. The van der Waals surface area contributed by atoms with Crippen molar-refractivity contribution in [3.8, 4) is 11.5 Å². The average Bonchev–Trinajstić information content (AvgIpc) is 3.14. The number of amides is 1. The lowest BCUT2D eigenvalue weighted by Gasteiger charge is -2.41. The van der Waals surface area contributed by atoms with Gasteiger partial charge in [-0.05, 0) is 60.9 Å². The Morgan fingerprint density at radius 1 is 1.22 bits per heavy atom. The summed E-state index contributed by atoms with van der Waals surface area (Å²) < 4.78 is 10.9. The van der Waals surface area contributed by atoms with Crippen molar-refractivity contribution in [3.05, 3.63) is 53.9 Å². The molecule has 1 aromatic carbocycles. The van der Waals surface area contributed by atoms with E-state index in [9.17, 15) is 4.79 Å². The molecule has 27 heavy (non-hydrogen) atoms. The highest BCUT2D eigenvalue weighted by Gasteiger charge is 2.33. The summed E-state index contributed by atoms with van der Waals surface area (Å²) in [5.41, 5.74) is 2.31. The maximum Gasteiger partial charge on any atom is 0.231 e. The molecule has 2 aromatic rings. The Labute approximate surface area is 160 Å². The SMILES string of the molecule is C[C@@]1(Cc2ccc3c(c2)OCO3)CCCN(C(=O)CCc2ccccn2)C1. The fourth-order valence-corrected chi connectivity index (χ4v) is 4.16. The molecule has 1 aromatic heterocycles. The number of aryl methyl sites for hydroxylation is 1. The van der Waals surface area contributed by atoms with Crippen molar-refractivity contribution in [1.82, 2.24) is 9.88 Å². The summed E-state index contributed by atoms with van der Waals surface area (Å²) in [6.45, 7) is 4.25. The van der Waals surface area contributed by atoms with Gasteiger partial charge in [-0.2, -0.15) is 0 Å². The minimum Gasteiger partial charge on any atom is -0.454 e. The van der Waals surface area contributed by atoms with Crippen LogP contribution < -0.4 is 9.47 Å². The van der Waals surface area contributed by atoms with Crippen LogP contribution in [0, 0.1) is 5.41 Å². The van der Waals surface area contributed by atoms with E-state index in [1.54, 1.807) is 6.20 Å². The second kappa shape index (κ2) is 7.59. The summed E-state index contributed by atoms with van der Waals surface area (Å²) in [5.74, 6) is 1.88. The molecule has 2 aliphatic rings. The fraction of sp³-hybridized carbons (Fsp3) is 0.455. The first-order valence-electron chi connectivity index (χ1n) is 9.68. The number of carbonyl (C=O) groups excluding carboxylic acids is 1. The van der Waals surface area contributed by atoms with Crippen LogP contribution in [-0.4, -0.2) is 35.7 Å². The lowest BCUT2D eigenvalue weighted by molar-refractivity contribution is -0.134. The Morgan fingerprint density at radius 3 is 2.96 bits per heavy atom. The van der Waals surface area contributed by atoms with Crippen LogP contribution in [0.1, 0.15) is 37.4 Å². The van der Waals surface area contributed by atoms with Crippen LogP contribution in [-0.2, 0) is 17.6 Å². The van der Waals surface area contributed by atoms with E-state index >= 15 is 0 Å². The van der Waals surface area contributed by atoms with E-state index in [0.29, 0.717) is 19.6 Å². The number of carbonyl (C=O) groups is 1. The lowest BCUT2D eigenvalue weighted by Crippen LogP contribution is -2.45. The van der Waals surface area contributed by atoms with E-state index < -0.39 is 0 Å². The van der Waals surface area contributed by atoms with Crippen LogP contribution in [0.5, 0.6) is 11.5 Å². The molecule has 0 N–H and O–H groups in total. The number of likely N-dealkylation sites (tertiary alicyclic amines) is 1. The monoisotopic (exact) mass is 366 g/mol. The Balaban J connectivity index is 1.37. The quantitative estimate of drug-likeness (QED) is 0.811. The van der Waals surface area contributed by atoms with Gasteiger partial charge in [0.05, 0.1) is 0 Å². The minimum atomic E-state index is 0.0899. The van der Waals surface area contributed by atoms with E-state index in [0.717, 1.165) is 49.5 Å². The first kappa shape index (κ1) is 17.8. The van der Waals surface area contributed by atoms with Gasteiger partial charge in [0.1, 0.15) is 0 Å². The number of nitrogens with zero attached hydrogens (tertiary/aromatic N) is 2. The van der Waals surface area contributed by atoms with Crippen molar-refractivity contribution in [1.29, 1.82) is 0 Å². The summed E-state index contributed by atoms with van der Waals surface area (Å²) in [6.07, 6.45) is 6.13. The van der Waals surface area contributed by atoms with E-state index in [1.807, 2.05) is 29.2 Å². The van der Waals surface area contributed by atoms with Gasteiger partial charge in [0.2, 0.25) is 12.7 Å². The van der Waals surface area contributed by atoms with Crippen LogP contribution >= 0.6 is 0 Å². The molecule has 0 bridgehead atoms. The molecular weight excluding hydrogens is 340 g/mol. The molecule has 2 aliphatic heterocycles. The lowest BCUT2D eigenvalue weighted by atomic mass is 9.77. The van der Waals surface area contributed by atoms with Gasteiger partial charge < -0.3 is 14.4 Å². The van der Waals surface area contributed by atoms with Crippen LogP contribution in [0.4, 0.5) is 0 Å². The highest BCUT2D eigenvalue weighted by Crippen LogP contribution is 2.37. The third-order valence-electron chi connectivity index (χ3n) is 5.52. The number of hydrogen-bond acceptors (Lipinski definition) is 4. The van der Waals surface area contributed by atoms with E-state index in [2.05, 4.69) is 24.0 Å². The number of hydrogen-bond donors (Lipinski definition) is 0. The van der Waals surface area contributed by atoms with Crippen molar-refractivity contribution in [2.75, 3.05) is 19.9 Å². The maximum atomic E-state index is 12.7. The molecule has 0 saturated carbocycles. The third kappa shape index (κ3) is 4.24. The Morgan fingerprint density at radius 2 is 2.11 bits per heavy atom. The van der Waals surface area contributed by atoms with Crippen LogP contribution in [0.25, 0.3) is 0 Å². The van der Waals surface area contributed by atoms with Gasteiger partial charge in [0.15, 0.2) is 11.5 Å². The second-order valence-electron chi connectivity index (χ2n) is 7.91. The predicted octanol–water partition coefficient (Wildman–Crippen LogP) is 3.61. The molecular formula is C22H26N2O3. The number of pyridine rings is 1. The van der Waals surface area contributed by atoms with Crippen molar-refractivity contribution >= 4 is 5.91 Å². The Kier molecular flexibility index (Phi) is 5.01. The van der Waals surface area contributed by atoms with E-state index in [4.69, 9.17) is 9.47 Å². The standard InChI is InChI=1S/C22H26N2O3/c1-22(14-17-6-8-19-20(13-17)27-16-26-19)10-4-12-24(15-22)21(25)9-7-18-5-2-3-11-23-18/h2-3,5-6,8,11,13H,4,7,9-10,12,14-16H2,1H3/t22-/m0/s1. The van der Waals surface area contributed by atoms with Crippen molar-refractivity contribution in [3.63, 3.8) is 0 Å². The van der Waals surface area contributed by atoms with Crippen molar-refractivity contribution in [2.45, 2.75) is 39.0 Å². The highest BCUT2D eigenvalue weighted by atomic mass is 16.7. The minimum absolute atomic E-state index is 0.0899. The normalized spacial score (nSPS) is 21.3. The zero-order valence-electron chi connectivity index (χ0n) is 15.8. The molecule has 1 amide bonds. The first-order valence-corrected chi connectivity index (χ1v) is 9.68. The van der Waals surface area contributed by atoms with Crippen molar-refractivity contribution in [2.24, 2.45) is 5.41 Å². The molecule has 5 nitrogen and oxygen atoms in total. The molecule has 3 heterocycles. The summed E-state index contributed by atoms with van der Waals surface area (Å²) in [6, 6.07) is 12.0. The van der Waals surface area contributed by atoms with Gasteiger partial charge in [-0.25, -0.2) is 0 Å². The number of aromatic nitrogens is 1. The molecule has 0 unspecified atom stereocenters. The highest BCUT2D eigenvalue weighted by molar-refractivity contribution is 5.76. The summed E-state index contributed by atoms with van der Waals surface area (Å²) >= 11 is 0. The second-order valence-corrected chi connectivity index (χ2v) is 7.91. The average molecular weight is 366 g/mol. The number of piperidine rings is 1. The van der Waals surface area contributed by atoms with Gasteiger partial charge in [-0.3, -0.25) is 9.78 Å². The number of ether oxygens (including phenoxy) is 2. The number of rotatable bonds is 5. The van der Waals surface area contributed by atoms with E-state index in [1.165, 1.54) is 5.56 Å². The fourth-order valence-electron chi connectivity index (χ4n) is 4.16. The summed E-state index contributed by atoms with van der Waals surface area (Å²) in [7, 11) is 0. The Hall–Kier alpha value is -2.56. The molecule has 1 saturated heterocycles. The molecule has 5 heteroatoms. The number of fused-ring (bicyclic) bond motifs is 1. The Bertz CT molecular complexity index is 808. The number of benzene rings is 1. The van der Waals surface area contributed by atoms with Gasteiger partial charge >= 0.3 is 0 Å². The molecule has 0 aliphatic carbocycles. The van der Waals surface area contributed by atoms with Crippen LogP contribution in [0.3, 0.4) is 0 Å². The van der Waals surface area contributed by atoms with Gasteiger partial charge in [0, 0.05) is 31.4 Å². The molecule has 1 atom stereocenters.